The monoisotopic (exact) mass is 423 g/mol. The van der Waals surface area contributed by atoms with Crippen LogP contribution in [0.4, 0.5) is 9.18 Å². The SMILES string of the molecule is CCOC(=O)N1CCN(CC(O)COc2ccc(CN3CCC(F)CC3)cc2)CC1. The molecule has 0 spiro atoms. The van der Waals surface area contributed by atoms with Gasteiger partial charge in [-0.25, -0.2) is 9.18 Å². The fraction of sp³-hybridized carbons (Fsp3) is 0.682. The van der Waals surface area contributed by atoms with Crippen LogP contribution in [0.15, 0.2) is 24.3 Å². The lowest BCUT2D eigenvalue weighted by molar-refractivity contribution is 0.0407. The number of nitrogens with zero attached hydrogens (tertiary/aromatic N) is 3. The summed E-state index contributed by atoms with van der Waals surface area (Å²) in [5.74, 6) is 0.729. The minimum atomic E-state index is -0.648. The molecule has 3 rings (SSSR count). The molecule has 0 saturated carbocycles. The number of aliphatic hydroxyl groups excluding tert-OH is 1. The Hall–Kier alpha value is -1.90. The Morgan fingerprint density at radius 1 is 1.10 bits per heavy atom. The Labute approximate surface area is 178 Å². The van der Waals surface area contributed by atoms with Gasteiger partial charge in [-0.3, -0.25) is 9.80 Å². The van der Waals surface area contributed by atoms with Gasteiger partial charge < -0.3 is 19.5 Å². The van der Waals surface area contributed by atoms with Gasteiger partial charge in [0.2, 0.25) is 0 Å². The maximum Gasteiger partial charge on any atom is 0.409 e. The highest BCUT2D eigenvalue weighted by molar-refractivity contribution is 5.67. The quantitative estimate of drug-likeness (QED) is 0.691. The van der Waals surface area contributed by atoms with E-state index in [-0.39, 0.29) is 12.7 Å². The molecule has 2 aliphatic heterocycles. The average molecular weight is 424 g/mol. The Morgan fingerprint density at radius 3 is 2.40 bits per heavy atom. The third kappa shape index (κ3) is 7.11. The van der Waals surface area contributed by atoms with E-state index in [0.29, 0.717) is 52.2 Å². The lowest BCUT2D eigenvalue weighted by Crippen LogP contribution is -2.51. The smallest absolute Gasteiger partial charge is 0.409 e. The summed E-state index contributed by atoms with van der Waals surface area (Å²) in [6.45, 7) is 8.00. The van der Waals surface area contributed by atoms with Gasteiger partial charge in [-0.1, -0.05) is 12.1 Å². The van der Waals surface area contributed by atoms with E-state index in [9.17, 15) is 14.3 Å². The normalized spacial score (nSPS) is 20.2. The van der Waals surface area contributed by atoms with E-state index in [1.54, 1.807) is 11.8 Å². The molecule has 7 nitrogen and oxygen atoms in total. The minimum Gasteiger partial charge on any atom is -0.491 e. The minimum absolute atomic E-state index is 0.224. The number of hydrogen-bond acceptors (Lipinski definition) is 6. The Kier molecular flexibility index (Phi) is 8.72. The number of β-amino-alcohol motifs (C(OH)–C–C–N with tert-alkyl or cyclic N) is 1. The molecule has 1 unspecified atom stereocenters. The Bertz CT molecular complexity index is 644. The number of carbonyl (C=O) groups is 1. The van der Waals surface area contributed by atoms with Crippen molar-refractivity contribution in [2.75, 3.05) is 59.0 Å². The van der Waals surface area contributed by atoms with Crippen molar-refractivity contribution < 1.29 is 23.8 Å². The number of hydrogen-bond donors (Lipinski definition) is 1. The number of carbonyl (C=O) groups excluding carboxylic acids is 1. The largest absolute Gasteiger partial charge is 0.491 e. The third-order valence-electron chi connectivity index (χ3n) is 5.66. The van der Waals surface area contributed by atoms with Crippen LogP contribution in [0.25, 0.3) is 0 Å². The zero-order chi connectivity index (χ0) is 21.3. The second kappa shape index (κ2) is 11.5. The summed E-state index contributed by atoms with van der Waals surface area (Å²) < 4.78 is 24.0. The highest BCUT2D eigenvalue weighted by Crippen LogP contribution is 2.18. The second-order valence-electron chi connectivity index (χ2n) is 8.05. The number of amides is 1. The van der Waals surface area contributed by atoms with Gasteiger partial charge in [-0.05, 0) is 37.5 Å². The molecule has 1 amide bonds. The standard InChI is InChI=1S/C22H34FN3O4/c1-2-29-22(28)26-13-11-25(12-14-26)16-20(27)17-30-21-5-3-18(4-6-21)15-24-9-7-19(23)8-10-24/h3-6,19-20,27H,2,7-17H2,1H3. The summed E-state index contributed by atoms with van der Waals surface area (Å²) >= 11 is 0. The number of ether oxygens (including phenoxy) is 2. The van der Waals surface area contributed by atoms with Crippen LogP contribution >= 0.6 is 0 Å². The lowest BCUT2D eigenvalue weighted by atomic mass is 10.1. The number of rotatable bonds is 8. The maximum atomic E-state index is 13.2. The summed E-state index contributed by atoms with van der Waals surface area (Å²) in [6.07, 6.45) is -0.268. The molecule has 1 N–H and O–H groups in total. The van der Waals surface area contributed by atoms with E-state index in [2.05, 4.69) is 9.80 Å². The molecular weight excluding hydrogens is 389 g/mol. The number of alkyl halides is 1. The molecule has 30 heavy (non-hydrogen) atoms. The van der Waals surface area contributed by atoms with E-state index in [1.807, 2.05) is 24.3 Å². The first-order chi connectivity index (χ1) is 14.5. The predicted molar refractivity (Wildman–Crippen MR) is 112 cm³/mol. The summed E-state index contributed by atoms with van der Waals surface area (Å²) in [6, 6.07) is 7.89. The van der Waals surface area contributed by atoms with E-state index < -0.39 is 12.3 Å². The molecular formula is C22H34FN3O4. The molecule has 0 aromatic heterocycles. The van der Waals surface area contributed by atoms with Crippen LogP contribution in [0.1, 0.15) is 25.3 Å². The van der Waals surface area contributed by atoms with Gasteiger partial charge in [0.1, 0.15) is 24.6 Å². The molecule has 168 valence electrons. The van der Waals surface area contributed by atoms with Gasteiger partial charge >= 0.3 is 6.09 Å². The first-order valence-corrected chi connectivity index (χ1v) is 10.9. The van der Waals surface area contributed by atoms with Crippen LogP contribution in [-0.2, 0) is 11.3 Å². The number of piperidine rings is 1. The molecule has 0 aliphatic carbocycles. The molecule has 1 aromatic carbocycles. The van der Waals surface area contributed by atoms with Crippen molar-refractivity contribution in [1.82, 2.24) is 14.7 Å². The highest BCUT2D eigenvalue weighted by Gasteiger charge is 2.23. The van der Waals surface area contributed by atoms with Gasteiger partial charge in [-0.2, -0.15) is 0 Å². The average Bonchev–Trinajstić information content (AvgIpc) is 2.75. The molecule has 1 atom stereocenters. The predicted octanol–water partition coefficient (Wildman–Crippen LogP) is 2.13. The zero-order valence-corrected chi connectivity index (χ0v) is 17.8. The number of likely N-dealkylation sites (tertiary alicyclic amines) is 1. The molecule has 2 heterocycles. The highest BCUT2D eigenvalue weighted by atomic mass is 19.1. The van der Waals surface area contributed by atoms with Crippen LogP contribution < -0.4 is 4.74 Å². The first kappa shape index (κ1) is 22.8. The lowest BCUT2D eigenvalue weighted by Gasteiger charge is -2.34. The van der Waals surface area contributed by atoms with Crippen molar-refractivity contribution >= 4 is 6.09 Å². The van der Waals surface area contributed by atoms with Gasteiger partial charge in [0.05, 0.1) is 6.61 Å². The topological polar surface area (TPSA) is 65.5 Å². The van der Waals surface area contributed by atoms with Crippen LogP contribution in [0.3, 0.4) is 0 Å². The zero-order valence-electron chi connectivity index (χ0n) is 17.8. The van der Waals surface area contributed by atoms with E-state index in [4.69, 9.17) is 9.47 Å². The van der Waals surface area contributed by atoms with Crippen LogP contribution in [0.5, 0.6) is 5.75 Å². The molecule has 2 aliphatic rings. The number of piperazine rings is 1. The molecule has 2 saturated heterocycles. The van der Waals surface area contributed by atoms with Crippen LogP contribution in [-0.4, -0.2) is 97.2 Å². The van der Waals surface area contributed by atoms with Gasteiger partial charge in [0.25, 0.3) is 0 Å². The molecule has 0 radical (unpaired) electrons. The summed E-state index contributed by atoms with van der Waals surface area (Å²) in [4.78, 5) is 17.8. The van der Waals surface area contributed by atoms with Crippen molar-refractivity contribution in [3.05, 3.63) is 29.8 Å². The van der Waals surface area contributed by atoms with Gasteiger partial charge in [0, 0.05) is 52.4 Å². The van der Waals surface area contributed by atoms with E-state index in [1.165, 1.54) is 5.56 Å². The molecule has 0 bridgehead atoms. The van der Waals surface area contributed by atoms with Gasteiger partial charge in [0.15, 0.2) is 0 Å². The number of benzene rings is 1. The van der Waals surface area contributed by atoms with Crippen LogP contribution in [0, 0.1) is 0 Å². The summed E-state index contributed by atoms with van der Waals surface area (Å²) in [7, 11) is 0. The second-order valence-corrected chi connectivity index (χ2v) is 8.05. The van der Waals surface area contributed by atoms with Crippen molar-refractivity contribution in [1.29, 1.82) is 0 Å². The molecule has 8 heteroatoms. The van der Waals surface area contributed by atoms with Crippen LogP contribution in [0.2, 0.25) is 0 Å². The van der Waals surface area contributed by atoms with Crippen molar-refractivity contribution in [2.24, 2.45) is 0 Å². The van der Waals surface area contributed by atoms with E-state index in [0.717, 1.165) is 25.4 Å². The number of aliphatic hydroxyl groups is 1. The van der Waals surface area contributed by atoms with E-state index >= 15 is 0 Å². The fourth-order valence-corrected chi connectivity index (χ4v) is 3.88. The molecule has 2 fully saturated rings. The first-order valence-electron chi connectivity index (χ1n) is 10.9. The van der Waals surface area contributed by atoms with Crippen molar-refractivity contribution in [2.45, 2.75) is 38.6 Å². The summed E-state index contributed by atoms with van der Waals surface area (Å²) in [5.41, 5.74) is 1.18. The number of halogens is 1. The maximum absolute atomic E-state index is 13.2. The van der Waals surface area contributed by atoms with Crippen molar-refractivity contribution in [3.8, 4) is 5.75 Å². The summed E-state index contributed by atoms with van der Waals surface area (Å²) in [5, 5.41) is 10.3. The Morgan fingerprint density at radius 2 is 1.77 bits per heavy atom. The van der Waals surface area contributed by atoms with Gasteiger partial charge in [-0.15, -0.1) is 0 Å². The molecule has 1 aromatic rings. The van der Waals surface area contributed by atoms with Crippen molar-refractivity contribution in [3.63, 3.8) is 0 Å². The fourth-order valence-electron chi connectivity index (χ4n) is 3.88. The Balaban J connectivity index is 1.34. The third-order valence-corrected chi connectivity index (χ3v) is 5.66.